The molecule has 0 aliphatic heterocycles. The van der Waals surface area contributed by atoms with E-state index in [-0.39, 0.29) is 48.3 Å². The molecule has 0 spiro atoms. The van der Waals surface area contributed by atoms with Gasteiger partial charge in [-0.2, -0.15) is 0 Å². The molecule has 2 atom stereocenters. The molecule has 0 aliphatic rings. The number of aliphatic hydroxyl groups excluding tert-OH is 1. The summed E-state index contributed by atoms with van der Waals surface area (Å²) in [5, 5.41) is 18.2. The fourth-order valence-electron chi connectivity index (χ4n) is 6.70. The van der Waals surface area contributed by atoms with Gasteiger partial charge < -0.3 is 59.8 Å². The zero-order valence-electron chi connectivity index (χ0n) is 39.5. The van der Waals surface area contributed by atoms with Crippen molar-refractivity contribution in [2.75, 3.05) is 34.2 Å². The molecule has 0 fully saturated rings. The lowest BCUT2D eigenvalue weighted by Crippen LogP contribution is -3.00. The summed E-state index contributed by atoms with van der Waals surface area (Å²) in [6.07, 6.45) is 5.79. The molecule has 1 heterocycles. The Labute approximate surface area is 421 Å². The number of aliphatic hydroxyl groups is 1. The summed E-state index contributed by atoms with van der Waals surface area (Å²) in [6, 6.07) is 42.3. The predicted molar refractivity (Wildman–Crippen MR) is 266 cm³/mol. The van der Waals surface area contributed by atoms with Gasteiger partial charge in [0.2, 0.25) is 5.91 Å². The van der Waals surface area contributed by atoms with E-state index in [1.165, 1.54) is 24.2 Å². The van der Waals surface area contributed by atoms with Crippen molar-refractivity contribution in [2.45, 2.75) is 83.5 Å². The minimum absolute atomic E-state index is 0. The number of primary amides is 1. The van der Waals surface area contributed by atoms with Crippen molar-refractivity contribution in [3.8, 4) is 5.75 Å². The van der Waals surface area contributed by atoms with E-state index in [1.54, 1.807) is 19.1 Å². The van der Waals surface area contributed by atoms with Crippen LogP contribution < -0.4 is 40.2 Å². The van der Waals surface area contributed by atoms with Crippen LogP contribution in [0.1, 0.15) is 75.9 Å². The number of aryl methyl sites for hydroxylation is 1. The van der Waals surface area contributed by atoms with E-state index in [9.17, 15) is 19.5 Å². The highest BCUT2D eigenvalue weighted by Crippen LogP contribution is 2.37. The summed E-state index contributed by atoms with van der Waals surface area (Å²) in [5.41, 5.74) is 14.8. The Morgan fingerprint density at radius 2 is 1.27 bits per heavy atom. The number of amides is 1. The number of carboxylic acid groups (broad SMARTS) is 1. The second kappa shape index (κ2) is 32.1. The van der Waals surface area contributed by atoms with Crippen LogP contribution in [0.3, 0.4) is 0 Å². The topological polar surface area (TPSA) is 169 Å². The lowest BCUT2D eigenvalue weighted by Gasteiger charge is -2.45. The molecular weight excluding hydrogens is 988 g/mol. The Kier molecular flexibility index (Phi) is 29.8. The number of ether oxygens (including phenoxy) is 1. The number of hydrogen-bond acceptors (Lipinski definition) is 8. The molecule has 0 saturated heterocycles. The quantitative estimate of drug-likeness (QED) is 0.0284. The number of rotatable bonds is 17. The third-order valence-electron chi connectivity index (χ3n) is 11.1. The molecule has 360 valence electrons. The highest BCUT2D eigenvalue weighted by Gasteiger charge is 2.43. The van der Waals surface area contributed by atoms with Crippen molar-refractivity contribution in [1.29, 1.82) is 0 Å². The average Bonchev–Trinajstić information content (AvgIpc) is 3.28. The molecule has 0 radical (unpaired) electrons. The monoisotopic (exact) mass is 1060 g/mol. The van der Waals surface area contributed by atoms with Gasteiger partial charge >= 0.3 is 11.9 Å². The number of nitrogens with zero attached hydrogens (tertiary/aromatic N) is 3. The molecule has 5 rings (SSSR count). The fourth-order valence-corrected chi connectivity index (χ4v) is 6.82. The SMILES string of the molecule is CC(C)[N+](C)(CCC(C(N)=O)(c1ccccc1)c1ccccc1)C(C)C.CC(N)C(O)c1ccccc1.CN(C)CCCc1ccccn1.Cl.O=C(O)/C=C/C(=O)Oc1ccc(Cl)cc1.[I-]. The van der Waals surface area contributed by atoms with E-state index >= 15 is 0 Å². The molecule has 11 nitrogen and oxygen atoms in total. The number of carbonyl (C=O) groups excluding carboxylic acids is 2. The Morgan fingerprint density at radius 1 is 0.788 bits per heavy atom. The van der Waals surface area contributed by atoms with Crippen LogP contribution in [0.25, 0.3) is 0 Å². The van der Waals surface area contributed by atoms with Gasteiger partial charge in [-0.3, -0.25) is 9.78 Å². The van der Waals surface area contributed by atoms with Crippen LogP contribution in [0.5, 0.6) is 5.75 Å². The number of halogens is 3. The standard InChI is InChI=1S/C23H32N2O.C10H7ClO4.C10H16N2.C9H13NO.ClH.HI/c1-18(2)25(5,19(3)4)17-16-23(22(24)26,20-12-8-6-9-13-20)21-14-10-7-11-15-21;11-7-1-3-8(4-2-7)15-10(14)6-5-9(12)13;1-12(2)9-5-7-10-6-3-4-8-11-10;1-7(10)9(11)8-5-3-2-4-6-8;;/h6-15,18-19H,16-17H2,1-5H3,(H-,24,26);1-6H,(H,12,13);3-4,6,8H,5,7,9H2,1-2H3;2-7,9,11H,10H2,1H3;2*1H/b;6-5+;;;;. The van der Waals surface area contributed by atoms with Crippen molar-refractivity contribution >= 4 is 41.9 Å². The largest absolute Gasteiger partial charge is 1.00 e. The number of benzene rings is 4. The molecule has 1 aromatic heterocycles. The van der Waals surface area contributed by atoms with Gasteiger partial charge in [0.05, 0.1) is 31.8 Å². The molecule has 14 heteroatoms. The molecule has 0 saturated carbocycles. The molecule has 1 amide bonds. The molecule has 5 aromatic rings. The second-order valence-electron chi connectivity index (χ2n) is 16.5. The Bertz CT molecular complexity index is 2070. The Balaban J connectivity index is 0.000000904. The van der Waals surface area contributed by atoms with Gasteiger partial charge in [0.1, 0.15) is 11.2 Å². The number of hydrogen-bond donors (Lipinski definition) is 4. The van der Waals surface area contributed by atoms with Gasteiger partial charge in [-0.1, -0.05) is 109 Å². The summed E-state index contributed by atoms with van der Waals surface area (Å²) >= 11 is 5.62. The predicted octanol–water partition coefficient (Wildman–Crippen LogP) is 6.07. The zero-order valence-corrected chi connectivity index (χ0v) is 43.2. The number of aliphatic carboxylic acids is 1. The number of esters is 1. The number of quaternary nitrogens is 1. The fraction of sp³-hybridized carbons (Fsp3) is 0.346. The highest BCUT2D eigenvalue weighted by atomic mass is 127. The van der Waals surface area contributed by atoms with Gasteiger partial charge in [-0.05, 0) is 121 Å². The first-order valence-electron chi connectivity index (χ1n) is 21.5. The van der Waals surface area contributed by atoms with Crippen LogP contribution in [0, 0.1) is 0 Å². The number of carbonyl (C=O) groups is 3. The number of nitrogens with two attached hydrogens (primary N) is 2. The summed E-state index contributed by atoms with van der Waals surface area (Å²) in [5.74, 6) is -1.93. The van der Waals surface area contributed by atoms with Gasteiger partial charge in [-0.25, -0.2) is 9.59 Å². The number of pyridine rings is 1. The van der Waals surface area contributed by atoms with E-state index in [0.717, 1.165) is 46.8 Å². The summed E-state index contributed by atoms with van der Waals surface area (Å²) in [7, 11) is 6.47. The van der Waals surface area contributed by atoms with Crippen molar-refractivity contribution < 1.29 is 57.8 Å². The highest BCUT2D eigenvalue weighted by molar-refractivity contribution is 6.30. The van der Waals surface area contributed by atoms with Crippen LogP contribution in [-0.4, -0.2) is 94.8 Å². The number of aromatic nitrogens is 1. The first kappa shape index (κ1) is 61.3. The number of carboxylic acids is 1. The van der Waals surface area contributed by atoms with Gasteiger partial charge in [-0.15, -0.1) is 12.4 Å². The zero-order chi connectivity index (χ0) is 47.7. The maximum atomic E-state index is 12.9. The first-order valence-corrected chi connectivity index (χ1v) is 21.9. The van der Waals surface area contributed by atoms with Gasteiger partial charge in [0.15, 0.2) is 0 Å². The maximum Gasteiger partial charge on any atom is 0.336 e. The van der Waals surface area contributed by atoms with Gasteiger partial charge in [0.25, 0.3) is 0 Å². The van der Waals surface area contributed by atoms with Crippen LogP contribution in [0.2, 0.25) is 5.02 Å². The van der Waals surface area contributed by atoms with Crippen molar-refractivity contribution in [1.82, 2.24) is 9.88 Å². The third-order valence-corrected chi connectivity index (χ3v) is 11.3. The van der Waals surface area contributed by atoms with Gasteiger partial charge in [0, 0.05) is 41.5 Å². The normalized spacial score (nSPS) is 11.8. The maximum absolute atomic E-state index is 12.9. The minimum atomic E-state index is -1.21. The van der Waals surface area contributed by atoms with Crippen LogP contribution in [0.15, 0.2) is 152 Å². The van der Waals surface area contributed by atoms with Crippen LogP contribution in [-0.2, 0) is 26.2 Å². The molecule has 4 aromatic carbocycles. The summed E-state index contributed by atoms with van der Waals surface area (Å²) in [6.45, 7) is 12.8. The van der Waals surface area contributed by atoms with Crippen molar-refractivity contribution in [2.24, 2.45) is 11.5 Å². The van der Waals surface area contributed by atoms with Crippen LogP contribution in [0.4, 0.5) is 0 Å². The smallest absolute Gasteiger partial charge is 0.336 e. The first-order chi connectivity index (χ1) is 30.3. The average molecular weight is 1060 g/mol. The minimum Gasteiger partial charge on any atom is -1.00 e. The lowest BCUT2D eigenvalue weighted by atomic mass is 9.71. The summed E-state index contributed by atoms with van der Waals surface area (Å²) < 4.78 is 5.67. The molecular formula is C52H70Cl2IN5O6. The molecule has 6 N–H and O–H groups in total. The Hall–Kier alpha value is -4.67. The molecule has 2 unspecified atom stereocenters. The van der Waals surface area contributed by atoms with Crippen molar-refractivity contribution in [3.05, 3.63) is 179 Å². The molecule has 66 heavy (non-hydrogen) atoms. The van der Waals surface area contributed by atoms with E-state index < -0.39 is 23.5 Å². The molecule has 0 bridgehead atoms. The van der Waals surface area contributed by atoms with Crippen LogP contribution >= 0.6 is 24.0 Å². The van der Waals surface area contributed by atoms with E-state index in [1.807, 2.05) is 109 Å². The molecule has 0 aliphatic carbocycles. The van der Waals surface area contributed by atoms with E-state index in [4.69, 9.17) is 32.9 Å². The van der Waals surface area contributed by atoms with Crippen molar-refractivity contribution in [3.63, 3.8) is 0 Å². The van der Waals surface area contributed by atoms with E-state index in [2.05, 4.69) is 64.8 Å². The Morgan fingerprint density at radius 3 is 1.68 bits per heavy atom. The third kappa shape index (κ3) is 21.3. The summed E-state index contributed by atoms with van der Waals surface area (Å²) in [4.78, 5) is 40.4. The second-order valence-corrected chi connectivity index (χ2v) is 16.9. The van der Waals surface area contributed by atoms with E-state index in [0.29, 0.717) is 35.4 Å². The lowest BCUT2D eigenvalue weighted by molar-refractivity contribution is -0.949.